The highest BCUT2D eigenvalue weighted by molar-refractivity contribution is 6.46. The normalized spacial score (nSPS) is 17.6. The van der Waals surface area contributed by atoms with E-state index >= 15 is 0 Å². The summed E-state index contributed by atoms with van der Waals surface area (Å²) in [5, 5.41) is 11.3. The molecule has 1 fully saturated rings. The van der Waals surface area contributed by atoms with Gasteiger partial charge in [-0.3, -0.25) is 9.59 Å². The lowest BCUT2D eigenvalue weighted by Crippen LogP contribution is -2.32. The Morgan fingerprint density at radius 1 is 1.09 bits per heavy atom. The van der Waals surface area contributed by atoms with Crippen LogP contribution in [0, 0.1) is 6.92 Å². The molecule has 1 aliphatic heterocycles. The molecular weight excluding hydrogens is 420 g/mol. The molecule has 0 radical (unpaired) electrons. The lowest BCUT2D eigenvalue weighted by Gasteiger charge is -2.26. The number of nitrogens with zero attached hydrogens (tertiary/aromatic N) is 2. The number of likely N-dealkylation sites (tertiary alicyclic amines) is 1. The molecule has 2 aromatic rings. The lowest BCUT2D eigenvalue weighted by atomic mass is 9.93. The number of methoxy groups -OCH3 is 1. The average molecular weight is 453 g/mol. The molecule has 1 heterocycles. The van der Waals surface area contributed by atoms with Crippen LogP contribution in [0.3, 0.4) is 0 Å². The highest BCUT2D eigenvalue weighted by Crippen LogP contribution is 2.40. The number of carbonyl (C=O) groups excluding carboxylic acids is 2. The van der Waals surface area contributed by atoms with Gasteiger partial charge in [0.2, 0.25) is 0 Å². The topological polar surface area (TPSA) is 79.3 Å². The van der Waals surface area contributed by atoms with Gasteiger partial charge in [0.05, 0.1) is 25.3 Å². The van der Waals surface area contributed by atoms with Gasteiger partial charge in [0.15, 0.2) is 0 Å². The highest BCUT2D eigenvalue weighted by Gasteiger charge is 2.45. The maximum Gasteiger partial charge on any atom is 0.295 e. The Bertz CT molecular complexity index is 1040. The molecule has 0 spiro atoms. The van der Waals surface area contributed by atoms with Gasteiger partial charge in [-0.1, -0.05) is 12.1 Å². The minimum absolute atomic E-state index is 0.0993. The van der Waals surface area contributed by atoms with Crippen molar-refractivity contribution >= 4 is 17.4 Å². The molecule has 1 aliphatic rings. The molecule has 7 heteroatoms. The first-order valence-corrected chi connectivity index (χ1v) is 11.1. The number of aryl methyl sites for hydroxylation is 1. The molecule has 0 saturated carbocycles. The zero-order valence-corrected chi connectivity index (χ0v) is 19.9. The largest absolute Gasteiger partial charge is 0.507 e. The van der Waals surface area contributed by atoms with Crippen molar-refractivity contribution in [2.24, 2.45) is 0 Å². The van der Waals surface area contributed by atoms with Crippen LogP contribution in [0.15, 0.2) is 48.0 Å². The number of ketones is 1. The number of amides is 1. The minimum atomic E-state index is -0.677. The van der Waals surface area contributed by atoms with Gasteiger partial charge in [0, 0.05) is 12.1 Å². The maximum absolute atomic E-state index is 13.1. The van der Waals surface area contributed by atoms with Crippen molar-refractivity contribution in [2.75, 3.05) is 40.9 Å². The molecule has 33 heavy (non-hydrogen) atoms. The van der Waals surface area contributed by atoms with E-state index in [-0.39, 0.29) is 11.3 Å². The van der Waals surface area contributed by atoms with Crippen molar-refractivity contribution in [1.29, 1.82) is 0 Å². The zero-order valence-electron chi connectivity index (χ0n) is 19.9. The minimum Gasteiger partial charge on any atom is -0.507 e. The van der Waals surface area contributed by atoms with E-state index in [0.29, 0.717) is 36.6 Å². The number of ether oxygens (including phenoxy) is 2. The fourth-order valence-corrected chi connectivity index (χ4v) is 4.10. The summed E-state index contributed by atoms with van der Waals surface area (Å²) in [4.78, 5) is 29.8. The summed E-state index contributed by atoms with van der Waals surface area (Å²) in [6.45, 7) is 5.44. The van der Waals surface area contributed by atoms with Crippen molar-refractivity contribution in [1.82, 2.24) is 9.80 Å². The molecule has 0 bridgehead atoms. The van der Waals surface area contributed by atoms with Crippen LogP contribution in [0.5, 0.6) is 11.5 Å². The first-order chi connectivity index (χ1) is 15.8. The van der Waals surface area contributed by atoms with Crippen molar-refractivity contribution < 1.29 is 24.2 Å². The quantitative estimate of drug-likeness (QED) is 0.354. The van der Waals surface area contributed by atoms with Crippen LogP contribution in [0.25, 0.3) is 5.76 Å². The second-order valence-electron chi connectivity index (χ2n) is 8.33. The lowest BCUT2D eigenvalue weighted by molar-refractivity contribution is -0.139. The van der Waals surface area contributed by atoms with E-state index in [0.717, 1.165) is 17.7 Å². The second-order valence-corrected chi connectivity index (χ2v) is 8.33. The molecule has 7 nitrogen and oxygen atoms in total. The standard InChI is InChI=1S/C26H32N2O5/c1-6-33-20-12-13-21(17(2)16-20)24(29)22-23(18-8-10-19(32-5)11-9-18)28(26(31)25(22)30)15-7-14-27(3)4/h8-13,16,23,29H,6-7,14-15H2,1-5H3. The van der Waals surface area contributed by atoms with Gasteiger partial charge in [0.1, 0.15) is 17.3 Å². The molecule has 0 aliphatic carbocycles. The number of hydrogen-bond donors (Lipinski definition) is 1. The van der Waals surface area contributed by atoms with Gasteiger partial charge in [-0.25, -0.2) is 0 Å². The number of aliphatic hydroxyl groups excluding tert-OH is 1. The number of rotatable bonds is 9. The third-order valence-electron chi connectivity index (χ3n) is 5.74. The number of Topliss-reactive ketones (excluding diaryl/α,β-unsaturated/α-hetero) is 1. The Hall–Kier alpha value is -3.32. The number of aliphatic hydroxyl groups is 1. The monoisotopic (exact) mass is 452 g/mol. The summed E-state index contributed by atoms with van der Waals surface area (Å²) in [6.07, 6.45) is 0.703. The second kappa shape index (κ2) is 10.5. The van der Waals surface area contributed by atoms with Crippen molar-refractivity contribution in [3.8, 4) is 11.5 Å². The summed E-state index contributed by atoms with van der Waals surface area (Å²) in [6, 6.07) is 11.8. The average Bonchev–Trinajstić information content (AvgIpc) is 3.04. The van der Waals surface area contributed by atoms with Crippen molar-refractivity contribution in [3.63, 3.8) is 0 Å². The third-order valence-corrected chi connectivity index (χ3v) is 5.74. The van der Waals surface area contributed by atoms with Gasteiger partial charge < -0.3 is 24.4 Å². The van der Waals surface area contributed by atoms with E-state index in [1.54, 1.807) is 36.3 Å². The zero-order chi connectivity index (χ0) is 24.1. The Morgan fingerprint density at radius 2 is 1.76 bits per heavy atom. The van der Waals surface area contributed by atoms with Gasteiger partial charge in [-0.2, -0.15) is 0 Å². The molecule has 3 rings (SSSR count). The van der Waals surface area contributed by atoms with Gasteiger partial charge in [-0.15, -0.1) is 0 Å². The van der Waals surface area contributed by atoms with Crippen LogP contribution in [-0.2, 0) is 9.59 Å². The molecule has 1 atom stereocenters. The SMILES string of the molecule is CCOc1ccc(C(O)=C2C(=O)C(=O)N(CCCN(C)C)C2c2ccc(OC)cc2)c(C)c1. The molecule has 1 amide bonds. The summed E-state index contributed by atoms with van der Waals surface area (Å²) in [5.41, 5.74) is 2.10. The first kappa shape index (κ1) is 24.3. The molecular formula is C26H32N2O5. The van der Waals surface area contributed by atoms with Crippen LogP contribution in [0.4, 0.5) is 0 Å². The van der Waals surface area contributed by atoms with Crippen LogP contribution < -0.4 is 9.47 Å². The third kappa shape index (κ3) is 5.20. The van der Waals surface area contributed by atoms with Gasteiger partial charge >= 0.3 is 0 Å². The van der Waals surface area contributed by atoms with E-state index in [9.17, 15) is 14.7 Å². The predicted octanol–water partition coefficient (Wildman–Crippen LogP) is 3.78. The molecule has 1 N–H and O–H groups in total. The summed E-state index contributed by atoms with van der Waals surface area (Å²) >= 11 is 0. The Balaban J connectivity index is 2.09. The molecule has 1 saturated heterocycles. The Morgan fingerprint density at radius 3 is 2.33 bits per heavy atom. The van der Waals surface area contributed by atoms with E-state index in [1.165, 1.54) is 0 Å². The Labute approximate surface area is 195 Å². The van der Waals surface area contributed by atoms with E-state index in [2.05, 4.69) is 0 Å². The van der Waals surface area contributed by atoms with E-state index < -0.39 is 17.7 Å². The maximum atomic E-state index is 13.1. The fraction of sp³-hybridized carbons (Fsp3) is 0.385. The fourth-order valence-electron chi connectivity index (χ4n) is 4.10. The van der Waals surface area contributed by atoms with E-state index in [4.69, 9.17) is 9.47 Å². The van der Waals surface area contributed by atoms with Crippen LogP contribution in [0.2, 0.25) is 0 Å². The van der Waals surface area contributed by atoms with E-state index in [1.807, 2.05) is 51.0 Å². The van der Waals surface area contributed by atoms with Crippen LogP contribution in [0.1, 0.15) is 36.1 Å². The summed E-state index contributed by atoms with van der Waals surface area (Å²) in [5.74, 6) is -0.0935. The summed E-state index contributed by atoms with van der Waals surface area (Å²) in [7, 11) is 5.50. The number of benzene rings is 2. The molecule has 2 aromatic carbocycles. The van der Waals surface area contributed by atoms with Crippen LogP contribution >= 0.6 is 0 Å². The molecule has 0 aromatic heterocycles. The Kier molecular flexibility index (Phi) is 7.76. The predicted molar refractivity (Wildman–Crippen MR) is 128 cm³/mol. The number of hydrogen-bond acceptors (Lipinski definition) is 6. The van der Waals surface area contributed by atoms with Crippen molar-refractivity contribution in [2.45, 2.75) is 26.3 Å². The first-order valence-electron chi connectivity index (χ1n) is 11.1. The summed E-state index contributed by atoms with van der Waals surface area (Å²) < 4.78 is 10.8. The smallest absolute Gasteiger partial charge is 0.295 e. The molecule has 1 unspecified atom stereocenters. The number of carbonyl (C=O) groups is 2. The van der Waals surface area contributed by atoms with Gasteiger partial charge in [0.25, 0.3) is 11.7 Å². The van der Waals surface area contributed by atoms with Crippen LogP contribution in [-0.4, -0.2) is 67.5 Å². The van der Waals surface area contributed by atoms with Crippen molar-refractivity contribution in [3.05, 3.63) is 64.7 Å². The van der Waals surface area contributed by atoms with Gasteiger partial charge in [-0.05, 0) is 82.4 Å². The highest BCUT2D eigenvalue weighted by atomic mass is 16.5. The molecule has 176 valence electrons.